The molecule has 3 aromatic rings. The standard InChI is InChI=1S/C19H20N4O2/c1-12-10-13(7-9-25-12)19(24)21-14-5-6-15-17(11-14)23-18(22-15)16-4-2-3-8-20-16/h2-6,8,11-13H,7,9-10H2,1H3,(H,21,24)(H,22,23). The van der Waals surface area contributed by atoms with E-state index in [-0.39, 0.29) is 17.9 Å². The number of amides is 1. The predicted octanol–water partition coefficient (Wildman–Crippen LogP) is 3.38. The third kappa shape index (κ3) is 3.39. The highest BCUT2D eigenvalue weighted by Gasteiger charge is 2.25. The molecule has 2 aromatic heterocycles. The summed E-state index contributed by atoms with van der Waals surface area (Å²) in [6, 6.07) is 11.4. The van der Waals surface area contributed by atoms with Gasteiger partial charge in [0.1, 0.15) is 5.69 Å². The lowest BCUT2D eigenvalue weighted by Crippen LogP contribution is -2.32. The van der Waals surface area contributed by atoms with Gasteiger partial charge in [-0.3, -0.25) is 9.78 Å². The number of fused-ring (bicyclic) bond motifs is 1. The van der Waals surface area contributed by atoms with Gasteiger partial charge in [0, 0.05) is 24.4 Å². The number of hydrogen-bond donors (Lipinski definition) is 2. The van der Waals surface area contributed by atoms with Gasteiger partial charge in [-0.15, -0.1) is 0 Å². The van der Waals surface area contributed by atoms with Crippen LogP contribution in [0.1, 0.15) is 19.8 Å². The average molecular weight is 336 g/mol. The van der Waals surface area contributed by atoms with Crippen molar-refractivity contribution in [3.05, 3.63) is 42.6 Å². The Labute approximate surface area is 145 Å². The molecule has 6 nitrogen and oxygen atoms in total. The van der Waals surface area contributed by atoms with Crippen LogP contribution in [0.2, 0.25) is 0 Å². The van der Waals surface area contributed by atoms with E-state index < -0.39 is 0 Å². The van der Waals surface area contributed by atoms with Crippen molar-refractivity contribution < 1.29 is 9.53 Å². The number of rotatable bonds is 3. The van der Waals surface area contributed by atoms with E-state index in [9.17, 15) is 4.79 Å². The molecule has 0 spiro atoms. The Kier molecular flexibility index (Phi) is 4.19. The average Bonchev–Trinajstić information content (AvgIpc) is 3.06. The quantitative estimate of drug-likeness (QED) is 0.768. The van der Waals surface area contributed by atoms with Gasteiger partial charge in [0.05, 0.1) is 17.1 Å². The molecule has 1 aromatic carbocycles. The van der Waals surface area contributed by atoms with Gasteiger partial charge in [0.25, 0.3) is 0 Å². The van der Waals surface area contributed by atoms with E-state index in [0.29, 0.717) is 6.61 Å². The van der Waals surface area contributed by atoms with Gasteiger partial charge in [0.2, 0.25) is 5.91 Å². The Morgan fingerprint density at radius 1 is 1.32 bits per heavy atom. The first-order valence-electron chi connectivity index (χ1n) is 8.53. The fourth-order valence-electron chi connectivity index (χ4n) is 3.19. The molecule has 0 aliphatic carbocycles. The number of aromatic nitrogens is 3. The maximum absolute atomic E-state index is 12.5. The number of carbonyl (C=O) groups is 1. The van der Waals surface area contributed by atoms with Crippen LogP contribution in [0.15, 0.2) is 42.6 Å². The highest BCUT2D eigenvalue weighted by Crippen LogP contribution is 2.24. The molecular weight excluding hydrogens is 316 g/mol. The van der Waals surface area contributed by atoms with Crippen LogP contribution in [0.4, 0.5) is 5.69 Å². The van der Waals surface area contributed by atoms with E-state index in [1.54, 1.807) is 6.20 Å². The molecule has 1 amide bonds. The van der Waals surface area contributed by atoms with Crippen molar-refractivity contribution in [3.63, 3.8) is 0 Å². The molecule has 1 aliphatic rings. The molecule has 0 saturated carbocycles. The van der Waals surface area contributed by atoms with Crippen LogP contribution in [-0.4, -0.2) is 33.6 Å². The first-order valence-corrected chi connectivity index (χ1v) is 8.53. The molecule has 3 heterocycles. The van der Waals surface area contributed by atoms with Crippen LogP contribution < -0.4 is 5.32 Å². The number of nitrogens with one attached hydrogen (secondary N) is 2. The summed E-state index contributed by atoms with van der Waals surface area (Å²) in [4.78, 5) is 24.6. The summed E-state index contributed by atoms with van der Waals surface area (Å²) >= 11 is 0. The van der Waals surface area contributed by atoms with E-state index >= 15 is 0 Å². The molecule has 4 rings (SSSR count). The molecule has 128 valence electrons. The van der Waals surface area contributed by atoms with E-state index in [4.69, 9.17) is 4.74 Å². The maximum Gasteiger partial charge on any atom is 0.227 e. The van der Waals surface area contributed by atoms with E-state index in [1.165, 1.54) is 0 Å². The number of ether oxygens (including phenoxy) is 1. The largest absolute Gasteiger partial charge is 0.378 e. The van der Waals surface area contributed by atoms with Gasteiger partial charge in [-0.05, 0) is 50.1 Å². The minimum atomic E-state index is 0.00490. The summed E-state index contributed by atoms with van der Waals surface area (Å²) < 4.78 is 5.51. The molecule has 2 atom stereocenters. The van der Waals surface area contributed by atoms with Crippen LogP contribution >= 0.6 is 0 Å². The number of aromatic amines is 1. The topological polar surface area (TPSA) is 79.9 Å². The smallest absolute Gasteiger partial charge is 0.227 e. The summed E-state index contributed by atoms with van der Waals surface area (Å²) in [6.45, 7) is 2.65. The molecule has 25 heavy (non-hydrogen) atoms. The minimum absolute atomic E-state index is 0.00490. The summed E-state index contributed by atoms with van der Waals surface area (Å²) in [5, 5.41) is 3.02. The third-order valence-electron chi connectivity index (χ3n) is 4.51. The fourth-order valence-corrected chi connectivity index (χ4v) is 3.19. The van der Waals surface area contributed by atoms with Crippen molar-refractivity contribution in [1.29, 1.82) is 0 Å². The van der Waals surface area contributed by atoms with Gasteiger partial charge in [-0.25, -0.2) is 4.98 Å². The highest BCUT2D eigenvalue weighted by molar-refractivity contribution is 5.94. The monoisotopic (exact) mass is 336 g/mol. The molecule has 1 aliphatic heterocycles. The number of H-pyrrole nitrogens is 1. The zero-order chi connectivity index (χ0) is 17.2. The van der Waals surface area contributed by atoms with E-state index in [2.05, 4.69) is 20.3 Å². The van der Waals surface area contributed by atoms with Crippen molar-refractivity contribution in [3.8, 4) is 11.5 Å². The normalized spacial score (nSPS) is 20.5. The highest BCUT2D eigenvalue weighted by atomic mass is 16.5. The summed E-state index contributed by atoms with van der Waals surface area (Å²) in [6.07, 6.45) is 3.41. The number of hydrogen-bond acceptors (Lipinski definition) is 4. The summed E-state index contributed by atoms with van der Waals surface area (Å²) in [7, 11) is 0. The molecule has 1 saturated heterocycles. The minimum Gasteiger partial charge on any atom is -0.378 e. The lowest BCUT2D eigenvalue weighted by molar-refractivity contribution is -0.124. The van der Waals surface area contributed by atoms with Gasteiger partial charge >= 0.3 is 0 Å². The molecule has 0 radical (unpaired) electrons. The van der Waals surface area contributed by atoms with Gasteiger partial charge in [-0.1, -0.05) is 6.07 Å². The molecule has 1 fully saturated rings. The number of anilines is 1. The molecular formula is C19H20N4O2. The van der Waals surface area contributed by atoms with Crippen LogP contribution in [0.25, 0.3) is 22.6 Å². The van der Waals surface area contributed by atoms with Crippen molar-refractivity contribution >= 4 is 22.6 Å². The lowest BCUT2D eigenvalue weighted by atomic mass is 9.95. The molecule has 2 N–H and O–H groups in total. The summed E-state index contributed by atoms with van der Waals surface area (Å²) in [5.41, 5.74) is 3.28. The van der Waals surface area contributed by atoms with Crippen molar-refractivity contribution in [2.45, 2.75) is 25.9 Å². The Morgan fingerprint density at radius 3 is 3.04 bits per heavy atom. The number of carbonyl (C=O) groups excluding carboxylic acids is 1. The first kappa shape index (κ1) is 15.8. The van der Waals surface area contributed by atoms with Crippen LogP contribution in [0.5, 0.6) is 0 Å². The zero-order valence-corrected chi connectivity index (χ0v) is 14.0. The molecule has 0 bridgehead atoms. The van der Waals surface area contributed by atoms with Gasteiger partial charge in [-0.2, -0.15) is 0 Å². The fraction of sp³-hybridized carbons (Fsp3) is 0.316. The third-order valence-corrected chi connectivity index (χ3v) is 4.51. The van der Waals surface area contributed by atoms with E-state index in [0.717, 1.165) is 41.1 Å². The number of imidazole rings is 1. The second-order valence-corrected chi connectivity index (χ2v) is 6.42. The second kappa shape index (κ2) is 6.64. The Hall–Kier alpha value is -2.73. The molecule has 6 heteroatoms. The maximum atomic E-state index is 12.5. The summed E-state index contributed by atoms with van der Waals surface area (Å²) in [5.74, 6) is 0.779. The van der Waals surface area contributed by atoms with Gasteiger partial charge < -0.3 is 15.0 Å². The van der Waals surface area contributed by atoms with Crippen LogP contribution in [0.3, 0.4) is 0 Å². The van der Waals surface area contributed by atoms with Crippen molar-refractivity contribution in [2.75, 3.05) is 11.9 Å². The molecule has 2 unspecified atom stereocenters. The Balaban J connectivity index is 1.54. The lowest BCUT2D eigenvalue weighted by Gasteiger charge is -2.26. The SMILES string of the molecule is CC1CC(C(=O)Nc2ccc3nc(-c4ccccn4)[nH]c3c2)CCO1. The number of pyridine rings is 1. The van der Waals surface area contributed by atoms with Gasteiger partial charge in [0.15, 0.2) is 5.82 Å². The van der Waals surface area contributed by atoms with Crippen LogP contribution in [0, 0.1) is 5.92 Å². The number of nitrogens with zero attached hydrogens (tertiary/aromatic N) is 2. The van der Waals surface area contributed by atoms with E-state index in [1.807, 2.05) is 43.3 Å². The predicted molar refractivity (Wildman–Crippen MR) is 96.1 cm³/mol. The van der Waals surface area contributed by atoms with Crippen LogP contribution in [-0.2, 0) is 9.53 Å². The number of benzene rings is 1. The first-order chi connectivity index (χ1) is 12.2. The zero-order valence-electron chi connectivity index (χ0n) is 14.0. The second-order valence-electron chi connectivity index (χ2n) is 6.42. The van der Waals surface area contributed by atoms with Crippen molar-refractivity contribution in [1.82, 2.24) is 15.0 Å². The Bertz CT molecular complexity index is 891. The van der Waals surface area contributed by atoms with Crippen molar-refractivity contribution in [2.24, 2.45) is 5.92 Å². The Morgan fingerprint density at radius 2 is 2.24 bits per heavy atom.